The standard InChI is InChI=1S/C51H64O10/c1-4-6-8-10-12-14-16-18-36-56-44-28-20-42(21-29-44)50(54)60-46-32-24-40(25-33-46)48(52)58-38-39(3)59-49(53)41-26-34-47(35-27-41)61-51(55)43-22-30-45(31-23-43)57-37-19-17-15-13-11-9-7-5-2/h20-35,39H,4-19,36-38H2,1-3H3. The van der Waals surface area contributed by atoms with Gasteiger partial charge in [-0.3, -0.25) is 0 Å². The molecule has 1 unspecified atom stereocenters. The molecular formula is C51H64O10. The molecule has 0 aliphatic heterocycles. The number of benzene rings is 4. The highest BCUT2D eigenvalue weighted by Gasteiger charge is 2.17. The predicted octanol–water partition coefficient (Wildman–Crippen LogP) is 12.6. The van der Waals surface area contributed by atoms with Gasteiger partial charge in [0.2, 0.25) is 0 Å². The van der Waals surface area contributed by atoms with E-state index in [4.69, 9.17) is 28.4 Å². The van der Waals surface area contributed by atoms with Crippen molar-refractivity contribution in [3.63, 3.8) is 0 Å². The predicted molar refractivity (Wildman–Crippen MR) is 237 cm³/mol. The Labute approximate surface area is 362 Å². The molecule has 328 valence electrons. The van der Waals surface area contributed by atoms with Gasteiger partial charge in [0.1, 0.15) is 35.7 Å². The fraction of sp³-hybridized carbons (Fsp3) is 0.451. The van der Waals surface area contributed by atoms with Crippen LogP contribution in [0.3, 0.4) is 0 Å². The van der Waals surface area contributed by atoms with Crippen molar-refractivity contribution in [2.24, 2.45) is 0 Å². The van der Waals surface area contributed by atoms with Crippen LogP contribution in [-0.2, 0) is 9.47 Å². The van der Waals surface area contributed by atoms with Gasteiger partial charge in [0.25, 0.3) is 0 Å². The minimum Gasteiger partial charge on any atom is -0.494 e. The molecule has 4 rings (SSSR count). The molecule has 0 fully saturated rings. The van der Waals surface area contributed by atoms with Gasteiger partial charge in [-0.1, -0.05) is 104 Å². The lowest BCUT2D eigenvalue weighted by molar-refractivity contribution is 0.00447. The van der Waals surface area contributed by atoms with Gasteiger partial charge in [0, 0.05) is 0 Å². The molecule has 10 nitrogen and oxygen atoms in total. The average molecular weight is 837 g/mol. The van der Waals surface area contributed by atoms with Crippen LogP contribution in [-0.4, -0.2) is 49.8 Å². The molecule has 0 amide bonds. The van der Waals surface area contributed by atoms with Crippen molar-refractivity contribution in [2.45, 2.75) is 130 Å². The maximum Gasteiger partial charge on any atom is 0.343 e. The van der Waals surface area contributed by atoms with Crippen LogP contribution in [0, 0.1) is 0 Å². The lowest BCUT2D eigenvalue weighted by Crippen LogP contribution is -2.22. The smallest absolute Gasteiger partial charge is 0.343 e. The fourth-order valence-corrected chi connectivity index (χ4v) is 6.44. The summed E-state index contributed by atoms with van der Waals surface area (Å²) in [6, 6.07) is 25.6. The SMILES string of the molecule is CCCCCCCCCCOc1ccc(C(=O)Oc2ccc(C(=O)OCC(C)OC(=O)c3ccc(OC(=O)c4ccc(OCCCCCCCCCC)cc4)cc3)cc2)cc1. The van der Waals surface area contributed by atoms with Crippen LogP contribution >= 0.6 is 0 Å². The van der Waals surface area contributed by atoms with Crippen LogP contribution in [0.4, 0.5) is 0 Å². The van der Waals surface area contributed by atoms with Crippen molar-refractivity contribution in [3.8, 4) is 23.0 Å². The first kappa shape index (κ1) is 48.0. The molecule has 0 aliphatic rings. The summed E-state index contributed by atoms with van der Waals surface area (Å²) >= 11 is 0. The summed E-state index contributed by atoms with van der Waals surface area (Å²) in [5.41, 5.74) is 1.22. The third-order valence-electron chi connectivity index (χ3n) is 10.1. The molecule has 0 heterocycles. The van der Waals surface area contributed by atoms with E-state index in [-0.39, 0.29) is 29.2 Å². The fourth-order valence-electron chi connectivity index (χ4n) is 6.44. The molecule has 1 atom stereocenters. The molecule has 4 aromatic rings. The Morgan fingerprint density at radius 2 is 0.705 bits per heavy atom. The molecule has 10 heteroatoms. The van der Waals surface area contributed by atoms with E-state index in [0.29, 0.717) is 35.8 Å². The first-order valence-corrected chi connectivity index (χ1v) is 22.2. The Balaban J connectivity index is 1.10. The number of rotatable bonds is 29. The first-order chi connectivity index (χ1) is 29.7. The summed E-state index contributed by atoms with van der Waals surface area (Å²) in [6.45, 7) is 7.15. The Bertz CT molecular complexity index is 1870. The third-order valence-corrected chi connectivity index (χ3v) is 10.1. The topological polar surface area (TPSA) is 124 Å². The highest BCUT2D eigenvalue weighted by molar-refractivity contribution is 5.93. The number of hydrogen-bond donors (Lipinski definition) is 0. The Morgan fingerprint density at radius 1 is 0.393 bits per heavy atom. The quantitative estimate of drug-likeness (QED) is 0.0296. The second-order valence-electron chi connectivity index (χ2n) is 15.3. The van der Waals surface area contributed by atoms with Crippen LogP contribution in [0.5, 0.6) is 23.0 Å². The van der Waals surface area contributed by atoms with Crippen LogP contribution in [0.2, 0.25) is 0 Å². The van der Waals surface area contributed by atoms with E-state index in [1.807, 2.05) is 0 Å². The second kappa shape index (κ2) is 28.0. The number of unbranched alkanes of at least 4 members (excludes halogenated alkanes) is 14. The number of carbonyl (C=O) groups excluding carboxylic acids is 4. The molecule has 0 aromatic heterocycles. The molecule has 61 heavy (non-hydrogen) atoms. The highest BCUT2D eigenvalue weighted by Crippen LogP contribution is 2.20. The highest BCUT2D eigenvalue weighted by atomic mass is 16.6. The molecule has 0 aliphatic carbocycles. The van der Waals surface area contributed by atoms with Gasteiger partial charge < -0.3 is 28.4 Å². The van der Waals surface area contributed by atoms with Crippen molar-refractivity contribution >= 4 is 23.9 Å². The summed E-state index contributed by atoms with van der Waals surface area (Å²) in [7, 11) is 0. The Hall–Kier alpha value is -5.64. The molecule has 4 aromatic carbocycles. The van der Waals surface area contributed by atoms with Crippen molar-refractivity contribution in [1.29, 1.82) is 0 Å². The molecule has 0 N–H and O–H groups in total. The van der Waals surface area contributed by atoms with Gasteiger partial charge in [-0.25, -0.2) is 19.2 Å². The summed E-state index contributed by atoms with van der Waals surface area (Å²) in [5.74, 6) is -0.390. The summed E-state index contributed by atoms with van der Waals surface area (Å²) in [4.78, 5) is 50.9. The Morgan fingerprint density at radius 3 is 1.08 bits per heavy atom. The van der Waals surface area contributed by atoms with E-state index in [2.05, 4.69) is 13.8 Å². The van der Waals surface area contributed by atoms with Gasteiger partial charge in [0.05, 0.1) is 35.5 Å². The largest absolute Gasteiger partial charge is 0.494 e. The van der Waals surface area contributed by atoms with E-state index in [1.165, 1.54) is 126 Å². The normalized spacial score (nSPS) is 11.3. The summed E-state index contributed by atoms with van der Waals surface area (Å²) < 4.78 is 33.4. The van der Waals surface area contributed by atoms with E-state index in [0.717, 1.165) is 25.7 Å². The summed E-state index contributed by atoms with van der Waals surface area (Å²) in [6.07, 6.45) is 19.0. The molecule has 0 saturated carbocycles. The van der Waals surface area contributed by atoms with Crippen molar-refractivity contribution < 1.29 is 47.6 Å². The number of ether oxygens (including phenoxy) is 6. The first-order valence-electron chi connectivity index (χ1n) is 22.2. The zero-order valence-corrected chi connectivity index (χ0v) is 36.3. The van der Waals surface area contributed by atoms with Crippen LogP contribution in [0.1, 0.15) is 165 Å². The van der Waals surface area contributed by atoms with Gasteiger partial charge in [-0.05, 0) is 117 Å². The summed E-state index contributed by atoms with van der Waals surface area (Å²) in [5, 5.41) is 0. The van der Waals surface area contributed by atoms with E-state index in [1.54, 1.807) is 55.5 Å². The van der Waals surface area contributed by atoms with Crippen molar-refractivity contribution in [2.75, 3.05) is 19.8 Å². The number of esters is 4. The van der Waals surface area contributed by atoms with E-state index in [9.17, 15) is 19.2 Å². The lowest BCUT2D eigenvalue weighted by atomic mass is 10.1. The molecule has 0 bridgehead atoms. The van der Waals surface area contributed by atoms with E-state index < -0.39 is 30.0 Å². The van der Waals surface area contributed by atoms with Gasteiger partial charge >= 0.3 is 23.9 Å². The maximum absolute atomic E-state index is 12.8. The van der Waals surface area contributed by atoms with Crippen LogP contribution in [0.25, 0.3) is 0 Å². The monoisotopic (exact) mass is 836 g/mol. The average Bonchev–Trinajstić information content (AvgIpc) is 3.28. The van der Waals surface area contributed by atoms with Crippen LogP contribution in [0.15, 0.2) is 97.1 Å². The molecule has 0 saturated heterocycles. The van der Waals surface area contributed by atoms with Gasteiger partial charge in [-0.15, -0.1) is 0 Å². The lowest BCUT2D eigenvalue weighted by Gasteiger charge is -2.14. The minimum atomic E-state index is -0.747. The number of carbonyl (C=O) groups is 4. The zero-order valence-electron chi connectivity index (χ0n) is 36.3. The van der Waals surface area contributed by atoms with Gasteiger partial charge in [0.15, 0.2) is 0 Å². The molecule has 0 radical (unpaired) electrons. The molecule has 0 spiro atoms. The van der Waals surface area contributed by atoms with Crippen LogP contribution < -0.4 is 18.9 Å². The maximum atomic E-state index is 12.8. The van der Waals surface area contributed by atoms with Gasteiger partial charge in [-0.2, -0.15) is 0 Å². The third kappa shape index (κ3) is 18.7. The number of hydrogen-bond acceptors (Lipinski definition) is 10. The van der Waals surface area contributed by atoms with Crippen molar-refractivity contribution in [1.82, 2.24) is 0 Å². The van der Waals surface area contributed by atoms with E-state index >= 15 is 0 Å². The molecular weight excluding hydrogens is 773 g/mol. The second-order valence-corrected chi connectivity index (χ2v) is 15.3. The zero-order chi connectivity index (χ0) is 43.5. The Kier molecular flexibility index (Phi) is 22.0. The van der Waals surface area contributed by atoms with Crippen molar-refractivity contribution in [3.05, 3.63) is 119 Å². The minimum absolute atomic E-state index is 0.182.